The van der Waals surface area contributed by atoms with Crippen molar-refractivity contribution in [3.63, 3.8) is 0 Å². The molecule has 0 N–H and O–H groups in total. The van der Waals surface area contributed by atoms with Crippen LogP contribution in [0.2, 0.25) is 0 Å². The number of hydrogen-bond acceptors (Lipinski definition) is 2. The number of nitriles is 1. The zero-order valence-corrected chi connectivity index (χ0v) is 13.6. The Labute approximate surface area is 124 Å². The van der Waals surface area contributed by atoms with Crippen molar-refractivity contribution in [2.24, 2.45) is 11.3 Å². The number of hydrogen-bond donors (Lipinski definition) is 0. The van der Waals surface area contributed by atoms with Crippen LogP contribution in [-0.4, -0.2) is 23.9 Å². The molecule has 114 valence electrons. The first-order chi connectivity index (χ1) is 9.52. The summed E-state index contributed by atoms with van der Waals surface area (Å²) in [5.41, 5.74) is -0.796. The molecule has 0 bridgehead atoms. The highest BCUT2D eigenvalue weighted by molar-refractivity contribution is 5.85. The first-order valence-electron chi connectivity index (χ1n) is 8.21. The van der Waals surface area contributed by atoms with E-state index in [1.165, 1.54) is 19.3 Å². The summed E-state index contributed by atoms with van der Waals surface area (Å²) in [6, 6.07) is 2.68. The molecule has 0 saturated heterocycles. The molecule has 1 fully saturated rings. The van der Waals surface area contributed by atoms with E-state index in [2.05, 4.69) is 26.8 Å². The average molecular weight is 278 g/mol. The minimum atomic E-state index is -0.796. The predicted octanol–water partition coefficient (Wildman–Crippen LogP) is 4.13. The van der Waals surface area contributed by atoms with Gasteiger partial charge in [0, 0.05) is 13.1 Å². The molecule has 0 aromatic heterocycles. The summed E-state index contributed by atoms with van der Waals surface area (Å²) in [5, 5.41) is 9.62. The molecule has 0 aromatic rings. The Kier molecular flexibility index (Phi) is 6.52. The van der Waals surface area contributed by atoms with E-state index in [0.29, 0.717) is 24.8 Å². The van der Waals surface area contributed by atoms with Gasteiger partial charge in [-0.1, -0.05) is 46.5 Å². The topological polar surface area (TPSA) is 44.1 Å². The molecule has 1 aliphatic rings. The van der Waals surface area contributed by atoms with Crippen LogP contribution in [0.15, 0.2) is 0 Å². The maximum Gasteiger partial charge on any atom is 0.243 e. The summed E-state index contributed by atoms with van der Waals surface area (Å²) >= 11 is 0. The van der Waals surface area contributed by atoms with Gasteiger partial charge in [0.15, 0.2) is 0 Å². The van der Waals surface area contributed by atoms with Crippen molar-refractivity contribution in [2.45, 2.75) is 78.2 Å². The molecule has 0 aliphatic heterocycles. The van der Waals surface area contributed by atoms with E-state index < -0.39 is 5.41 Å². The molecule has 0 aromatic carbocycles. The van der Waals surface area contributed by atoms with Crippen LogP contribution in [0.5, 0.6) is 0 Å². The SMILES string of the molecule is CCCC(C#N)(CCC)C(=O)N(C)C1CCCCC1C. The highest BCUT2D eigenvalue weighted by Gasteiger charge is 2.41. The van der Waals surface area contributed by atoms with Crippen molar-refractivity contribution >= 4 is 5.91 Å². The van der Waals surface area contributed by atoms with E-state index >= 15 is 0 Å². The second-order valence-corrected chi connectivity index (χ2v) is 6.44. The molecule has 1 aliphatic carbocycles. The lowest BCUT2D eigenvalue weighted by Crippen LogP contribution is -2.49. The second kappa shape index (κ2) is 7.67. The van der Waals surface area contributed by atoms with Crippen molar-refractivity contribution in [3.05, 3.63) is 0 Å². The standard InChI is InChI=1S/C17H30N2O/c1-5-11-17(13-18,12-6-2)16(20)19(4)15-10-8-7-9-14(15)3/h14-15H,5-12H2,1-4H3. The van der Waals surface area contributed by atoms with E-state index in [0.717, 1.165) is 19.3 Å². The summed E-state index contributed by atoms with van der Waals surface area (Å²) in [4.78, 5) is 14.8. The Bertz CT molecular complexity index is 352. The molecule has 1 saturated carbocycles. The van der Waals surface area contributed by atoms with Crippen molar-refractivity contribution in [3.8, 4) is 6.07 Å². The van der Waals surface area contributed by atoms with Crippen LogP contribution in [0.3, 0.4) is 0 Å². The second-order valence-electron chi connectivity index (χ2n) is 6.44. The number of carbonyl (C=O) groups excluding carboxylic acids is 1. The van der Waals surface area contributed by atoms with Crippen LogP contribution in [0.25, 0.3) is 0 Å². The molecule has 3 nitrogen and oxygen atoms in total. The van der Waals surface area contributed by atoms with Gasteiger partial charge < -0.3 is 4.90 Å². The maximum atomic E-state index is 12.9. The minimum Gasteiger partial charge on any atom is -0.341 e. The Morgan fingerprint density at radius 2 is 1.80 bits per heavy atom. The van der Waals surface area contributed by atoms with Crippen LogP contribution in [0.1, 0.15) is 72.1 Å². The Balaban J connectivity index is 2.90. The normalized spacial score (nSPS) is 23.1. The van der Waals surface area contributed by atoms with Gasteiger partial charge in [0.2, 0.25) is 5.91 Å². The summed E-state index contributed by atoms with van der Waals surface area (Å²) < 4.78 is 0. The third kappa shape index (κ3) is 3.53. The van der Waals surface area contributed by atoms with Crippen LogP contribution in [0.4, 0.5) is 0 Å². The lowest BCUT2D eigenvalue weighted by Gasteiger charge is -2.40. The smallest absolute Gasteiger partial charge is 0.243 e. The Morgan fingerprint density at radius 1 is 1.25 bits per heavy atom. The molecule has 2 unspecified atom stereocenters. The van der Waals surface area contributed by atoms with E-state index in [9.17, 15) is 10.1 Å². The summed E-state index contributed by atoms with van der Waals surface area (Å²) in [5.74, 6) is 0.611. The third-order valence-corrected chi connectivity index (χ3v) is 4.86. The van der Waals surface area contributed by atoms with Gasteiger partial charge >= 0.3 is 0 Å². The third-order valence-electron chi connectivity index (χ3n) is 4.86. The largest absolute Gasteiger partial charge is 0.341 e. The lowest BCUT2D eigenvalue weighted by atomic mass is 9.77. The van der Waals surface area contributed by atoms with Gasteiger partial charge in [0.05, 0.1) is 6.07 Å². The first-order valence-corrected chi connectivity index (χ1v) is 8.21. The van der Waals surface area contributed by atoms with E-state index in [1.54, 1.807) is 0 Å². The molecule has 1 amide bonds. The van der Waals surface area contributed by atoms with Crippen LogP contribution in [-0.2, 0) is 4.79 Å². The number of rotatable bonds is 6. The predicted molar refractivity (Wildman–Crippen MR) is 82.1 cm³/mol. The van der Waals surface area contributed by atoms with Gasteiger partial charge in [-0.05, 0) is 31.6 Å². The maximum absolute atomic E-state index is 12.9. The zero-order chi connectivity index (χ0) is 15.2. The van der Waals surface area contributed by atoms with Crippen molar-refractivity contribution in [1.82, 2.24) is 4.90 Å². The van der Waals surface area contributed by atoms with Gasteiger partial charge in [0.25, 0.3) is 0 Å². The fraction of sp³-hybridized carbons (Fsp3) is 0.882. The Morgan fingerprint density at radius 3 is 2.25 bits per heavy atom. The van der Waals surface area contributed by atoms with Gasteiger partial charge in [0.1, 0.15) is 5.41 Å². The first kappa shape index (κ1) is 17.0. The van der Waals surface area contributed by atoms with Crippen molar-refractivity contribution < 1.29 is 4.79 Å². The molecule has 0 heterocycles. The molecule has 2 atom stereocenters. The molecule has 0 radical (unpaired) electrons. The molecule has 0 spiro atoms. The van der Waals surface area contributed by atoms with Crippen LogP contribution in [0, 0.1) is 22.7 Å². The van der Waals surface area contributed by atoms with Crippen LogP contribution >= 0.6 is 0 Å². The molecular formula is C17H30N2O. The fourth-order valence-electron chi connectivity index (χ4n) is 3.71. The lowest BCUT2D eigenvalue weighted by molar-refractivity contribution is -0.142. The highest BCUT2D eigenvalue weighted by Crippen LogP contribution is 2.35. The Hall–Kier alpha value is -1.04. The summed E-state index contributed by atoms with van der Waals surface area (Å²) in [6.45, 7) is 6.35. The average Bonchev–Trinajstić information content (AvgIpc) is 2.46. The summed E-state index contributed by atoms with van der Waals surface area (Å²) in [6.07, 6.45) is 7.89. The van der Waals surface area contributed by atoms with Gasteiger partial charge in [-0.2, -0.15) is 5.26 Å². The molecule has 20 heavy (non-hydrogen) atoms. The van der Waals surface area contributed by atoms with E-state index in [1.807, 2.05) is 11.9 Å². The van der Waals surface area contributed by atoms with Gasteiger partial charge in [-0.15, -0.1) is 0 Å². The monoisotopic (exact) mass is 278 g/mol. The number of amides is 1. The molecule has 3 heteroatoms. The summed E-state index contributed by atoms with van der Waals surface area (Å²) in [7, 11) is 1.91. The zero-order valence-electron chi connectivity index (χ0n) is 13.6. The van der Waals surface area contributed by atoms with Gasteiger partial charge in [-0.3, -0.25) is 4.79 Å². The van der Waals surface area contributed by atoms with Gasteiger partial charge in [-0.25, -0.2) is 0 Å². The quantitative estimate of drug-likeness (QED) is 0.733. The van der Waals surface area contributed by atoms with E-state index in [4.69, 9.17) is 0 Å². The number of carbonyl (C=O) groups is 1. The molecular weight excluding hydrogens is 248 g/mol. The van der Waals surface area contributed by atoms with Crippen molar-refractivity contribution in [2.75, 3.05) is 7.05 Å². The molecule has 1 rings (SSSR count). The minimum absolute atomic E-state index is 0.0578. The van der Waals surface area contributed by atoms with E-state index in [-0.39, 0.29) is 5.91 Å². The fourth-order valence-corrected chi connectivity index (χ4v) is 3.71. The highest BCUT2D eigenvalue weighted by atomic mass is 16.2. The van der Waals surface area contributed by atoms with Crippen LogP contribution < -0.4 is 0 Å². The van der Waals surface area contributed by atoms with Crippen molar-refractivity contribution in [1.29, 1.82) is 5.26 Å². The number of nitrogens with zero attached hydrogens (tertiary/aromatic N) is 2.